The predicted octanol–water partition coefficient (Wildman–Crippen LogP) is 2.71. The molecule has 1 aromatic heterocycles. The lowest BCUT2D eigenvalue weighted by atomic mass is 10.3. The molecule has 2 rings (SSSR count). The molecule has 0 saturated heterocycles. The van der Waals surface area contributed by atoms with Crippen molar-refractivity contribution in [3.63, 3.8) is 0 Å². The van der Waals surface area contributed by atoms with Gasteiger partial charge in [0.05, 0.1) is 16.3 Å². The van der Waals surface area contributed by atoms with Crippen LogP contribution in [-0.4, -0.2) is 24.3 Å². The topological polar surface area (TPSA) is 81.1 Å². The van der Waals surface area contributed by atoms with E-state index in [0.29, 0.717) is 4.34 Å². The number of halogens is 2. The van der Waals surface area contributed by atoms with E-state index in [1.54, 1.807) is 0 Å². The van der Waals surface area contributed by atoms with Crippen LogP contribution in [-0.2, 0) is 0 Å². The number of benzene rings is 1. The minimum atomic E-state index is -0.634. The second-order valence-electron chi connectivity index (χ2n) is 3.86. The quantitative estimate of drug-likeness (QED) is 0.847. The van der Waals surface area contributed by atoms with Crippen molar-refractivity contribution in [1.29, 1.82) is 0 Å². The van der Waals surface area contributed by atoms with Crippen LogP contribution in [0.3, 0.4) is 0 Å². The zero-order chi connectivity index (χ0) is 14.2. The van der Waals surface area contributed by atoms with E-state index in [9.17, 15) is 4.39 Å². The zero-order valence-corrected chi connectivity index (χ0v) is 12.5. The Bertz CT molecular complexity index is 616. The van der Waals surface area contributed by atoms with Crippen molar-refractivity contribution < 1.29 is 4.39 Å². The Labute approximate surface area is 122 Å². The first-order chi connectivity index (χ1) is 8.90. The third-order valence-corrected chi connectivity index (χ3v) is 4.83. The lowest BCUT2D eigenvalue weighted by molar-refractivity contribution is 0.604. The molecule has 0 saturated carbocycles. The standard InChI is InChI=1S/C10H11ClFN5S2/c1-17(2)9-15-16-10(19-9)18-8-5(14)3-4(13)6(11)7(8)12/h3H,13-14H2,1-2H3. The first-order valence-corrected chi connectivity index (χ1v) is 7.13. The lowest BCUT2D eigenvalue weighted by Crippen LogP contribution is -2.07. The van der Waals surface area contributed by atoms with E-state index in [1.807, 2.05) is 19.0 Å². The summed E-state index contributed by atoms with van der Waals surface area (Å²) in [6.45, 7) is 0. The van der Waals surface area contributed by atoms with Gasteiger partial charge in [-0.25, -0.2) is 4.39 Å². The van der Waals surface area contributed by atoms with Crippen LogP contribution >= 0.6 is 34.7 Å². The van der Waals surface area contributed by atoms with Gasteiger partial charge in [-0.2, -0.15) is 0 Å². The van der Waals surface area contributed by atoms with Crippen LogP contribution in [0.4, 0.5) is 20.9 Å². The average molecular weight is 320 g/mol. The van der Waals surface area contributed by atoms with Gasteiger partial charge in [0.2, 0.25) is 5.13 Å². The van der Waals surface area contributed by atoms with Gasteiger partial charge in [0.1, 0.15) is 5.02 Å². The maximum absolute atomic E-state index is 14.0. The molecule has 0 atom stereocenters. The summed E-state index contributed by atoms with van der Waals surface area (Å²) in [6, 6.07) is 1.43. The molecule has 102 valence electrons. The van der Waals surface area contributed by atoms with Crippen LogP contribution in [0.1, 0.15) is 0 Å². The molecule has 0 aliphatic heterocycles. The molecule has 9 heteroatoms. The summed E-state index contributed by atoms with van der Waals surface area (Å²) in [6.07, 6.45) is 0. The van der Waals surface area contributed by atoms with Crippen LogP contribution in [0.15, 0.2) is 15.3 Å². The molecule has 5 nitrogen and oxygen atoms in total. The Morgan fingerprint density at radius 2 is 2.00 bits per heavy atom. The normalized spacial score (nSPS) is 10.7. The SMILES string of the molecule is CN(C)c1nnc(Sc2c(N)cc(N)c(Cl)c2F)s1. The van der Waals surface area contributed by atoms with E-state index < -0.39 is 5.82 Å². The summed E-state index contributed by atoms with van der Waals surface area (Å²) in [4.78, 5) is 2.03. The second-order valence-corrected chi connectivity index (χ2v) is 6.45. The van der Waals surface area contributed by atoms with E-state index in [-0.39, 0.29) is 21.3 Å². The minimum Gasteiger partial charge on any atom is -0.398 e. The summed E-state index contributed by atoms with van der Waals surface area (Å²) in [5, 5.41) is 8.52. The predicted molar refractivity (Wildman–Crippen MR) is 78.6 cm³/mol. The molecule has 0 radical (unpaired) electrons. The van der Waals surface area contributed by atoms with Crippen molar-refractivity contribution in [2.75, 3.05) is 30.5 Å². The van der Waals surface area contributed by atoms with Crippen molar-refractivity contribution in [3.05, 3.63) is 16.9 Å². The largest absolute Gasteiger partial charge is 0.398 e. The van der Waals surface area contributed by atoms with E-state index >= 15 is 0 Å². The van der Waals surface area contributed by atoms with E-state index in [0.717, 1.165) is 16.9 Å². The molecule has 1 aromatic carbocycles. The lowest BCUT2D eigenvalue weighted by Gasteiger charge is -2.08. The molecule has 1 heterocycles. The maximum atomic E-state index is 14.0. The second kappa shape index (κ2) is 5.40. The molecule has 4 N–H and O–H groups in total. The molecule has 2 aromatic rings. The Hall–Kier alpha value is -1.25. The third kappa shape index (κ3) is 2.85. The fraction of sp³-hybridized carbons (Fsp3) is 0.200. The highest BCUT2D eigenvalue weighted by molar-refractivity contribution is 8.01. The maximum Gasteiger partial charge on any atom is 0.208 e. The molecule has 0 aliphatic rings. The molecule has 0 spiro atoms. The number of nitrogens with two attached hydrogens (primary N) is 2. The number of nitrogens with zero attached hydrogens (tertiary/aromatic N) is 3. The number of nitrogen functional groups attached to an aromatic ring is 2. The number of aromatic nitrogens is 2. The van der Waals surface area contributed by atoms with Crippen molar-refractivity contribution >= 4 is 51.2 Å². The van der Waals surface area contributed by atoms with Gasteiger partial charge >= 0.3 is 0 Å². The zero-order valence-electron chi connectivity index (χ0n) is 10.1. The van der Waals surface area contributed by atoms with Gasteiger partial charge in [-0.05, 0) is 6.07 Å². The number of rotatable bonds is 3. The number of anilines is 3. The summed E-state index contributed by atoms with van der Waals surface area (Å²) >= 11 is 8.18. The van der Waals surface area contributed by atoms with Crippen LogP contribution < -0.4 is 16.4 Å². The fourth-order valence-corrected chi connectivity index (χ4v) is 3.24. The van der Waals surface area contributed by atoms with Gasteiger partial charge in [-0.15, -0.1) is 10.2 Å². The van der Waals surface area contributed by atoms with Crippen molar-refractivity contribution in [3.8, 4) is 0 Å². The smallest absolute Gasteiger partial charge is 0.208 e. The highest BCUT2D eigenvalue weighted by Gasteiger charge is 2.17. The van der Waals surface area contributed by atoms with Crippen molar-refractivity contribution in [2.24, 2.45) is 0 Å². The van der Waals surface area contributed by atoms with E-state index in [4.69, 9.17) is 23.1 Å². The Morgan fingerprint density at radius 3 is 2.58 bits per heavy atom. The first kappa shape index (κ1) is 14.2. The molecular formula is C10H11ClFN5S2. The van der Waals surface area contributed by atoms with Crippen molar-refractivity contribution in [2.45, 2.75) is 9.24 Å². The third-order valence-electron chi connectivity index (χ3n) is 2.19. The highest BCUT2D eigenvalue weighted by atomic mass is 35.5. The van der Waals surface area contributed by atoms with Gasteiger partial charge in [0.15, 0.2) is 10.2 Å². The van der Waals surface area contributed by atoms with Crippen LogP contribution in [0.2, 0.25) is 5.02 Å². The number of hydrogen-bond acceptors (Lipinski definition) is 7. The Morgan fingerprint density at radius 1 is 1.32 bits per heavy atom. The summed E-state index contributed by atoms with van der Waals surface area (Å²) in [5.41, 5.74) is 11.6. The molecule has 0 bridgehead atoms. The van der Waals surface area contributed by atoms with Crippen LogP contribution in [0, 0.1) is 5.82 Å². The molecule has 19 heavy (non-hydrogen) atoms. The number of hydrogen-bond donors (Lipinski definition) is 2. The van der Waals surface area contributed by atoms with Gasteiger partial charge in [-0.1, -0.05) is 34.7 Å². The van der Waals surface area contributed by atoms with Crippen LogP contribution in [0.25, 0.3) is 0 Å². The summed E-state index contributed by atoms with van der Waals surface area (Å²) < 4.78 is 14.6. The molecule has 0 amide bonds. The fourth-order valence-electron chi connectivity index (χ4n) is 1.27. The van der Waals surface area contributed by atoms with E-state index in [1.165, 1.54) is 17.4 Å². The molecule has 0 aliphatic carbocycles. The highest BCUT2D eigenvalue weighted by Crippen LogP contribution is 2.41. The molecular weight excluding hydrogens is 309 g/mol. The van der Waals surface area contributed by atoms with Gasteiger partial charge in [0.25, 0.3) is 0 Å². The van der Waals surface area contributed by atoms with E-state index in [2.05, 4.69) is 10.2 Å². The Balaban J connectivity index is 2.35. The monoisotopic (exact) mass is 319 g/mol. The molecule has 0 unspecified atom stereocenters. The minimum absolute atomic E-state index is 0.118. The summed E-state index contributed by atoms with van der Waals surface area (Å²) in [7, 11) is 3.70. The van der Waals surface area contributed by atoms with Crippen molar-refractivity contribution in [1.82, 2.24) is 10.2 Å². The van der Waals surface area contributed by atoms with Gasteiger partial charge in [-0.3, -0.25) is 0 Å². The average Bonchev–Trinajstić information content (AvgIpc) is 2.81. The van der Waals surface area contributed by atoms with Gasteiger partial charge in [0, 0.05) is 14.1 Å². The Kier molecular flexibility index (Phi) is 4.02. The first-order valence-electron chi connectivity index (χ1n) is 5.11. The molecule has 0 fully saturated rings. The van der Waals surface area contributed by atoms with Crippen LogP contribution in [0.5, 0.6) is 0 Å². The van der Waals surface area contributed by atoms with Gasteiger partial charge < -0.3 is 16.4 Å². The summed E-state index contributed by atoms with van der Waals surface area (Å²) in [5.74, 6) is -0.634.